The first kappa shape index (κ1) is 23.4. The summed E-state index contributed by atoms with van der Waals surface area (Å²) >= 11 is 0. The van der Waals surface area contributed by atoms with Crippen LogP contribution in [0, 0.1) is 11.6 Å². The highest BCUT2D eigenvalue weighted by molar-refractivity contribution is 5.82. The Morgan fingerprint density at radius 2 is 1.44 bits per heavy atom. The summed E-state index contributed by atoms with van der Waals surface area (Å²) in [5, 5.41) is 14.6. The van der Waals surface area contributed by atoms with E-state index in [1.807, 2.05) is 20.8 Å². The van der Waals surface area contributed by atoms with E-state index in [1.54, 1.807) is 0 Å². The molecule has 0 bridgehead atoms. The Morgan fingerprint density at radius 3 is 2.06 bits per heavy atom. The van der Waals surface area contributed by atoms with Crippen molar-refractivity contribution in [2.75, 3.05) is 0 Å². The second-order valence-electron chi connectivity index (χ2n) is 8.73. The first-order valence-corrected chi connectivity index (χ1v) is 10.2. The minimum Gasteiger partial charge on any atom is -0.506 e. The predicted octanol–water partition coefficient (Wildman–Crippen LogP) is 7.37. The topological polar surface area (TPSA) is 59.2 Å². The Balaban J connectivity index is 1.96. The smallest absolute Gasteiger partial charge is 0.417 e. The number of hydrogen-bond donors (Lipinski definition) is 1. The molecule has 0 spiro atoms. The zero-order chi connectivity index (χ0) is 24.8. The van der Waals surface area contributed by atoms with Crippen LogP contribution in [0.25, 0.3) is 34.0 Å². The molecule has 4 aromatic rings. The van der Waals surface area contributed by atoms with Gasteiger partial charge in [0, 0.05) is 5.56 Å². The van der Waals surface area contributed by atoms with Gasteiger partial charge in [-0.1, -0.05) is 50.2 Å². The van der Waals surface area contributed by atoms with Crippen LogP contribution in [0.2, 0.25) is 0 Å². The SMILES string of the molecule is CC(C)(C)c1cc(-c2nc(-c3c(F)cccc3F)no2)c(O)c(-c2ccccc2C(F)(F)F)c1. The van der Waals surface area contributed by atoms with Gasteiger partial charge < -0.3 is 9.63 Å². The largest absolute Gasteiger partial charge is 0.506 e. The molecule has 0 fully saturated rings. The Labute approximate surface area is 191 Å². The number of aromatic hydroxyl groups is 1. The normalized spacial score (nSPS) is 12.2. The van der Waals surface area contributed by atoms with Crippen LogP contribution in [0.3, 0.4) is 0 Å². The first-order valence-electron chi connectivity index (χ1n) is 10.2. The zero-order valence-electron chi connectivity index (χ0n) is 18.3. The number of nitrogens with zero attached hydrogens (tertiary/aromatic N) is 2. The lowest BCUT2D eigenvalue weighted by molar-refractivity contribution is -0.137. The molecule has 0 aliphatic heterocycles. The van der Waals surface area contributed by atoms with E-state index in [4.69, 9.17) is 4.52 Å². The van der Waals surface area contributed by atoms with Crippen LogP contribution in [0.5, 0.6) is 5.75 Å². The highest BCUT2D eigenvalue weighted by Crippen LogP contribution is 2.45. The van der Waals surface area contributed by atoms with Crippen molar-refractivity contribution in [1.29, 1.82) is 0 Å². The Kier molecular flexibility index (Phi) is 5.67. The summed E-state index contributed by atoms with van der Waals surface area (Å²) in [5.74, 6) is -3.07. The van der Waals surface area contributed by atoms with Gasteiger partial charge in [0.2, 0.25) is 5.82 Å². The van der Waals surface area contributed by atoms with E-state index < -0.39 is 45.9 Å². The fourth-order valence-corrected chi connectivity index (χ4v) is 3.55. The number of phenols is 1. The molecule has 176 valence electrons. The molecule has 0 saturated heterocycles. The summed E-state index contributed by atoms with van der Waals surface area (Å²) in [6.45, 7) is 5.53. The van der Waals surface area contributed by atoms with Crippen LogP contribution in [0.15, 0.2) is 59.1 Å². The Hall–Kier alpha value is -3.75. The molecular formula is C25H19F5N2O2. The molecule has 3 aromatic carbocycles. The summed E-state index contributed by atoms with van der Waals surface area (Å²) in [7, 11) is 0. The van der Waals surface area contributed by atoms with Gasteiger partial charge in [-0.25, -0.2) is 8.78 Å². The molecule has 0 unspecified atom stereocenters. The highest BCUT2D eigenvalue weighted by Gasteiger charge is 2.35. The molecule has 1 heterocycles. The summed E-state index contributed by atoms with van der Waals surface area (Å²) < 4.78 is 74.6. The number of hydrogen-bond acceptors (Lipinski definition) is 4. The minimum atomic E-state index is -4.67. The molecule has 0 aliphatic rings. The molecular weight excluding hydrogens is 455 g/mol. The number of aromatic nitrogens is 2. The number of alkyl halides is 3. The van der Waals surface area contributed by atoms with Crippen LogP contribution in [-0.2, 0) is 11.6 Å². The van der Waals surface area contributed by atoms with E-state index in [2.05, 4.69) is 10.1 Å². The lowest BCUT2D eigenvalue weighted by Crippen LogP contribution is -2.12. The summed E-state index contributed by atoms with van der Waals surface area (Å²) in [5.41, 5.74) is -1.80. The molecule has 4 rings (SSSR count). The van der Waals surface area contributed by atoms with E-state index in [-0.39, 0.29) is 22.6 Å². The monoisotopic (exact) mass is 474 g/mol. The quantitative estimate of drug-likeness (QED) is 0.315. The molecule has 1 aromatic heterocycles. The average Bonchev–Trinajstić information content (AvgIpc) is 3.22. The van der Waals surface area contributed by atoms with E-state index >= 15 is 0 Å². The zero-order valence-corrected chi connectivity index (χ0v) is 18.3. The standard InChI is InChI=1S/C25H19F5N2O2/c1-24(2,3)13-11-15(14-7-4-5-8-17(14)25(28,29)30)21(33)16(12-13)23-31-22(32-34-23)20-18(26)9-6-10-19(20)27/h4-12,33H,1-3H3. The molecule has 1 N–H and O–H groups in total. The van der Waals surface area contributed by atoms with Gasteiger partial charge in [-0.15, -0.1) is 0 Å². The number of phenolic OH excluding ortho intramolecular Hbond substituents is 1. The van der Waals surface area contributed by atoms with Gasteiger partial charge in [-0.3, -0.25) is 0 Å². The van der Waals surface area contributed by atoms with Gasteiger partial charge in [0.05, 0.1) is 16.7 Å². The summed E-state index contributed by atoms with van der Waals surface area (Å²) in [6, 6.07) is 11.1. The maximum Gasteiger partial charge on any atom is 0.417 e. The maximum absolute atomic E-state index is 14.2. The van der Waals surface area contributed by atoms with Gasteiger partial charge in [0.25, 0.3) is 5.89 Å². The van der Waals surface area contributed by atoms with Crippen molar-refractivity contribution in [3.05, 3.63) is 77.4 Å². The lowest BCUT2D eigenvalue weighted by atomic mass is 9.83. The van der Waals surface area contributed by atoms with Gasteiger partial charge in [-0.05, 0) is 46.9 Å². The molecule has 0 amide bonds. The average molecular weight is 474 g/mol. The second-order valence-corrected chi connectivity index (χ2v) is 8.73. The van der Waals surface area contributed by atoms with Crippen molar-refractivity contribution in [2.45, 2.75) is 32.4 Å². The van der Waals surface area contributed by atoms with Crippen LogP contribution < -0.4 is 0 Å². The van der Waals surface area contributed by atoms with E-state index in [1.165, 1.54) is 36.4 Å². The van der Waals surface area contributed by atoms with E-state index in [0.717, 1.165) is 18.2 Å². The van der Waals surface area contributed by atoms with Gasteiger partial charge in [0.1, 0.15) is 17.4 Å². The van der Waals surface area contributed by atoms with Crippen molar-refractivity contribution < 1.29 is 31.6 Å². The van der Waals surface area contributed by atoms with Crippen molar-refractivity contribution in [3.63, 3.8) is 0 Å². The lowest BCUT2D eigenvalue weighted by Gasteiger charge is -2.23. The molecule has 9 heteroatoms. The van der Waals surface area contributed by atoms with Gasteiger partial charge in [0.15, 0.2) is 0 Å². The molecule has 4 nitrogen and oxygen atoms in total. The highest BCUT2D eigenvalue weighted by atomic mass is 19.4. The van der Waals surface area contributed by atoms with Crippen molar-refractivity contribution >= 4 is 0 Å². The van der Waals surface area contributed by atoms with Crippen LogP contribution >= 0.6 is 0 Å². The van der Waals surface area contributed by atoms with Crippen molar-refractivity contribution in [1.82, 2.24) is 10.1 Å². The third-order valence-corrected chi connectivity index (χ3v) is 5.34. The minimum absolute atomic E-state index is 0.0603. The number of benzene rings is 3. The number of halogens is 5. The van der Waals surface area contributed by atoms with E-state index in [9.17, 15) is 27.1 Å². The van der Waals surface area contributed by atoms with Crippen molar-refractivity contribution in [2.24, 2.45) is 0 Å². The van der Waals surface area contributed by atoms with Gasteiger partial charge in [-0.2, -0.15) is 18.2 Å². The molecule has 0 atom stereocenters. The van der Waals surface area contributed by atoms with Crippen LogP contribution in [0.1, 0.15) is 31.9 Å². The van der Waals surface area contributed by atoms with Crippen LogP contribution in [-0.4, -0.2) is 15.2 Å². The second kappa shape index (κ2) is 8.23. The first-order chi connectivity index (χ1) is 15.9. The Bertz CT molecular complexity index is 1350. The number of rotatable bonds is 3. The molecule has 0 radical (unpaired) electrons. The Morgan fingerprint density at radius 1 is 0.824 bits per heavy atom. The molecule has 0 saturated carbocycles. The fraction of sp³-hybridized carbons (Fsp3) is 0.200. The van der Waals surface area contributed by atoms with E-state index in [0.29, 0.717) is 5.56 Å². The van der Waals surface area contributed by atoms with Gasteiger partial charge >= 0.3 is 6.18 Å². The third kappa shape index (κ3) is 4.25. The maximum atomic E-state index is 14.2. The molecule has 0 aliphatic carbocycles. The third-order valence-electron chi connectivity index (χ3n) is 5.34. The summed E-state index contributed by atoms with van der Waals surface area (Å²) in [4.78, 5) is 4.02. The van der Waals surface area contributed by atoms with Crippen molar-refractivity contribution in [3.8, 4) is 39.7 Å². The molecule has 34 heavy (non-hydrogen) atoms. The fourth-order valence-electron chi connectivity index (χ4n) is 3.55. The van der Waals surface area contributed by atoms with Crippen LogP contribution in [0.4, 0.5) is 22.0 Å². The predicted molar refractivity (Wildman–Crippen MR) is 116 cm³/mol. The summed E-state index contributed by atoms with van der Waals surface area (Å²) in [6.07, 6.45) is -4.67.